The molecule has 3 atom stereocenters. The van der Waals surface area contributed by atoms with Gasteiger partial charge in [0.15, 0.2) is 0 Å². The molecule has 1 saturated heterocycles. The van der Waals surface area contributed by atoms with Crippen LogP contribution in [0.5, 0.6) is 0 Å². The van der Waals surface area contributed by atoms with Gasteiger partial charge in [-0.15, -0.1) is 0 Å². The zero-order chi connectivity index (χ0) is 13.8. The van der Waals surface area contributed by atoms with Crippen LogP contribution in [0.2, 0.25) is 0 Å². The number of likely N-dealkylation sites (tertiary alicyclic amines) is 1. The molecule has 1 fully saturated rings. The Bertz CT molecular complexity index is 415. The molecule has 0 aliphatic carbocycles. The Hall–Kier alpha value is -1.28. The Balaban J connectivity index is 2.00. The van der Waals surface area contributed by atoms with Crippen molar-refractivity contribution in [1.82, 2.24) is 4.90 Å². The van der Waals surface area contributed by atoms with E-state index in [4.69, 9.17) is 0 Å². The molecule has 1 aliphatic rings. The van der Waals surface area contributed by atoms with E-state index in [9.17, 15) is 5.11 Å². The molecule has 1 heterocycles. The van der Waals surface area contributed by atoms with E-state index < -0.39 is 0 Å². The average Bonchev–Trinajstić information content (AvgIpc) is 2.79. The van der Waals surface area contributed by atoms with Gasteiger partial charge in [0.05, 0.1) is 6.04 Å². The fraction of sp³-hybridized carbons (Fsp3) is 0.529. The molecule has 104 valence electrons. The van der Waals surface area contributed by atoms with Crippen molar-refractivity contribution in [2.24, 2.45) is 11.8 Å². The summed E-state index contributed by atoms with van der Waals surface area (Å²) in [4.78, 5) is 2.42. The lowest BCUT2D eigenvalue weighted by Gasteiger charge is -2.28. The van der Waals surface area contributed by atoms with Crippen molar-refractivity contribution >= 4 is 0 Å². The van der Waals surface area contributed by atoms with Gasteiger partial charge in [0.2, 0.25) is 0 Å². The molecular formula is C17H25NO. The van der Waals surface area contributed by atoms with Gasteiger partial charge in [0.25, 0.3) is 0 Å². The summed E-state index contributed by atoms with van der Waals surface area (Å²) in [5.74, 6) is 1.03. The normalized spacial score (nSPS) is 22.6. The molecule has 1 N–H and O–H groups in total. The molecule has 2 rings (SSSR count). The summed E-state index contributed by atoms with van der Waals surface area (Å²) in [5.41, 5.74) is 2.59. The number of allylic oxidation sites excluding steroid dienone is 1. The first-order chi connectivity index (χ1) is 9.11. The van der Waals surface area contributed by atoms with Crippen molar-refractivity contribution in [2.75, 3.05) is 13.2 Å². The Morgan fingerprint density at radius 1 is 1.32 bits per heavy atom. The maximum atomic E-state index is 9.18. The summed E-state index contributed by atoms with van der Waals surface area (Å²) in [7, 11) is 0. The lowest BCUT2D eigenvalue weighted by atomic mass is 9.95. The number of hydrogen-bond donors (Lipinski definition) is 1. The summed E-state index contributed by atoms with van der Waals surface area (Å²) >= 11 is 0. The first-order valence-electron chi connectivity index (χ1n) is 7.22. The summed E-state index contributed by atoms with van der Waals surface area (Å²) in [6, 6.07) is 11.0. The van der Waals surface area contributed by atoms with Crippen molar-refractivity contribution in [3.05, 3.63) is 48.2 Å². The molecule has 1 aromatic carbocycles. The molecule has 0 saturated carbocycles. The monoisotopic (exact) mass is 259 g/mol. The SMILES string of the molecule is C=C1C[C@H](CC(C)CO)CN1[C@@H](C)c1ccccc1. The first kappa shape index (κ1) is 14.1. The summed E-state index contributed by atoms with van der Waals surface area (Å²) < 4.78 is 0. The second-order valence-electron chi connectivity index (χ2n) is 5.90. The van der Waals surface area contributed by atoms with Gasteiger partial charge in [-0.05, 0) is 37.2 Å². The Labute approximate surface area is 116 Å². The number of nitrogens with zero attached hydrogens (tertiary/aromatic N) is 1. The summed E-state index contributed by atoms with van der Waals surface area (Å²) in [5, 5.41) is 9.18. The van der Waals surface area contributed by atoms with Gasteiger partial charge in [-0.3, -0.25) is 0 Å². The second-order valence-corrected chi connectivity index (χ2v) is 5.90. The highest BCUT2D eigenvalue weighted by Gasteiger charge is 2.29. The number of aliphatic hydroxyl groups is 1. The minimum Gasteiger partial charge on any atom is -0.396 e. The third-order valence-corrected chi connectivity index (χ3v) is 4.18. The van der Waals surface area contributed by atoms with Gasteiger partial charge in [-0.1, -0.05) is 43.8 Å². The number of aliphatic hydroxyl groups excluding tert-OH is 1. The minimum absolute atomic E-state index is 0.289. The molecule has 1 aliphatic heterocycles. The van der Waals surface area contributed by atoms with Crippen LogP contribution < -0.4 is 0 Å². The Morgan fingerprint density at radius 3 is 2.63 bits per heavy atom. The fourth-order valence-corrected chi connectivity index (χ4v) is 3.07. The van der Waals surface area contributed by atoms with Crippen LogP contribution in [-0.4, -0.2) is 23.2 Å². The smallest absolute Gasteiger partial charge is 0.0511 e. The molecule has 1 aromatic rings. The molecule has 2 nitrogen and oxygen atoms in total. The fourth-order valence-electron chi connectivity index (χ4n) is 3.07. The highest BCUT2D eigenvalue weighted by atomic mass is 16.3. The van der Waals surface area contributed by atoms with E-state index >= 15 is 0 Å². The molecule has 2 heteroatoms. The molecule has 0 amide bonds. The first-order valence-corrected chi connectivity index (χ1v) is 7.22. The average molecular weight is 259 g/mol. The standard InChI is InChI=1S/C17H25NO/c1-13(12-19)9-16-10-14(2)18(11-16)15(3)17-7-5-4-6-8-17/h4-8,13,15-16,19H,2,9-12H2,1,3H3/t13?,15-,16-/m0/s1. The van der Waals surface area contributed by atoms with Crippen molar-refractivity contribution in [3.8, 4) is 0 Å². The van der Waals surface area contributed by atoms with Crippen LogP contribution in [0.15, 0.2) is 42.6 Å². The number of benzene rings is 1. The Morgan fingerprint density at radius 2 is 2.00 bits per heavy atom. The maximum absolute atomic E-state index is 9.18. The largest absolute Gasteiger partial charge is 0.396 e. The minimum atomic E-state index is 0.289. The van der Waals surface area contributed by atoms with Gasteiger partial charge in [0, 0.05) is 18.8 Å². The molecule has 0 spiro atoms. The quantitative estimate of drug-likeness (QED) is 0.873. The van der Waals surface area contributed by atoms with Gasteiger partial charge >= 0.3 is 0 Å². The zero-order valence-electron chi connectivity index (χ0n) is 12.0. The van der Waals surface area contributed by atoms with Crippen molar-refractivity contribution in [1.29, 1.82) is 0 Å². The van der Waals surface area contributed by atoms with Gasteiger partial charge in [-0.2, -0.15) is 0 Å². The summed E-state index contributed by atoms with van der Waals surface area (Å²) in [6.45, 7) is 9.95. The van der Waals surface area contributed by atoms with Crippen LogP contribution in [0.4, 0.5) is 0 Å². The van der Waals surface area contributed by atoms with Crippen LogP contribution in [0.1, 0.15) is 38.3 Å². The van der Waals surface area contributed by atoms with E-state index in [0.717, 1.165) is 19.4 Å². The van der Waals surface area contributed by atoms with Crippen molar-refractivity contribution in [3.63, 3.8) is 0 Å². The van der Waals surface area contributed by atoms with E-state index in [-0.39, 0.29) is 6.61 Å². The van der Waals surface area contributed by atoms with Crippen LogP contribution in [0, 0.1) is 11.8 Å². The predicted molar refractivity (Wildman–Crippen MR) is 79.7 cm³/mol. The van der Waals surface area contributed by atoms with Crippen molar-refractivity contribution in [2.45, 2.75) is 32.7 Å². The second kappa shape index (κ2) is 6.25. The topological polar surface area (TPSA) is 23.5 Å². The van der Waals surface area contributed by atoms with Crippen LogP contribution in [0.25, 0.3) is 0 Å². The molecule has 1 unspecified atom stereocenters. The van der Waals surface area contributed by atoms with Crippen LogP contribution >= 0.6 is 0 Å². The molecular weight excluding hydrogens is 234 g/mol. The zero-order valence-corrected chi connectivity index (χ0v) is 12.0. The third-order valence-electron chi connectivity index (χ3n) is 4.18. The van der Waals surface area contributed by atoms with Gasteiger partial charge < -0.3 is 10.0 Å². The van der Waals surface area contributed by atoms with E-state index in [2.05, 4.69) is 55.7 Å². The Kier molecular flexibility index (Phi) is 4.65. The van der Waals surface area contributed by atoms with E-state index in [0.29, 0.717) is 17.9 Å². The van der Waals surface area contributed by atoms with Crippen molar-refractivity contribution < 1.29 is 5.11 Å². The highest BCUT2D eigenvalue weighted by molar-refractivity contribution is 5.21. The number of hydrogen-bond acceptors (Lipinski definition) is 2. The lowest BCUT2D eigenvalue weighted by molar-refractivity contribution is 0.206. The molecule has 0 bridgehead atoms. The predicted octanol–water partition coefficient (Wildman–Crippen LogP) is 3.60. The van der Waals surface area contributed by atoms with E-state index in [1.54, 1.807) is 0 Å². The molecule has 0 radical (unpaired) electrons. The van der Waals surface area contributed by atoms with Crippen LogP contribution in [0.3, 0.4) is 0 Å². The lowest BCUT2D eigenvalue weighted by Crippen LogP contribution is -2.23. The molecule has 0 aromatic heterocycles. The van der Waals surface area contributed by atoms with Crippen LogP contribution in [-0.2, 0) is 0 Å². The van der Waals surface area contributed by atoms with Gasteiger partial charge in [-0.25, -0.2) is 0 Å². The highest BCUT2D eigenvalue weighted by Crippen LogP contribution is 2.36. The van der Waals surface area contributed by atoms with E-state index in [1.165, 1.54) is 11.3 Å². The van der Waals surface area contributed by atoms with E-state index in [1.807, 2.05) is 0 Å². The third kappa shape index (κ3) is 3.38. The van der Waals surface area contributed by atoms with Gasteiger partial charge in [0.1, 0.15) is 0 Å². The molecule has 19 heavy (non-hydrogen) atoms. The number of rotatable bonds is 5. The summed E-state index contributed by atoms with van der Waals surface area (Å²) in [6.07, 6.45) is 2.16. The maximum Gasteiger partial charge on any atom is 0.0511 e.